The number of hydrazone groups is 1. The maximum absolute atomic E-state index is 10.0. The number of pyridine rings is 1. The van der Waals surface area contributed by atoms with E-state index in [0.29, 0.717) is 21.8 Å². The molecule has 0 saturated heterocycles. The summed E-state index contributed by atoms with van der Waals surface area (Å²) in [5.74, 6) is -0.0309. The van der Waals surface area contributed by atoms with E-state index in [0.717, 1.165) is 11.3 Å². The van der Waals surface area contributed by atoms with Crippen molar-refractivity contribution < 1.29 is 10.2 Å². The van der Waals surface area contributed by atoms with E-state index in [2.05, 4.69) is 20.8 Å². The molecule has 0 saturated carbocycles. The molecule has 24 heavy (non-hydrogen) atoms. The second-order valence-corrected chi connectivity index (χ2v) is 5.84. The molecule has 2 aromatic rings. The van der Waals surface area contributed by atoms with Gasteiger partial charge in [-0.25, -0.2) is 0 Å². The predicted octanol–water partition coefficient (Wildman–Crippen LogP) is 2.87. The molecule has 0 aliphatic rings. The topological polar surface area (TPSA) is 89.8 Å². The van der Waals surface area contributed by atoms with Gasteiger partial charge in [0.2, 0.25) is 0 Å². The number of aliphatic hydroxyl groups excluding tert-OH is 1. The summed E-state index contributed by atoms with van der Waals surface area (Å²) in [4.78, 5) is 3.98. The van der Waals surface area contributed by atoms with E-state index in [-0.39, 0.29) is 17.5 Å². The van der Waals surface area contributed by atoms with E-state index in [1.807, 2.05) is 19.1 Å². The average molecular weight is 365 g/mol. The molecule has 1 heterocycles. The van der Waals surface area contributed by atoms with Crippen LogP contribution in [0.5, 0.6) is 5.75 Å². The molecule has 0 atom stereocenters. The molecular formula is C16H17ClN4O2S. The monoisotopic (exact) mass is 364 g/mol. The molecule has 2 rings (SSSR count). The molecule has 0 spiro atoms. The zero-order chi connectivity index (χ0) is 17.7. The smallest absolute Gasteiger partial charge is 0.191 e. The van der Waals surface area contributed by atoms with Crippen molar-refractivity contribution in [3.63, 3.8) is 0 Å². The minimum atomic E-state index is -0.257. The summed E-state index contributed by atoms with van der Waals surface area (Å²) in [5, 5.41) is 27.2. The summed E-state index contributed by atoms with van der Waals surface area (Å²) in [6.07, 6.45) is 2.87. The maximum atomic E-state index is 10.0. The lowest BCUT2D eigenvalue weighted by atomic mass is 10.1. The van der Waals surface area contributed by atoms with Crippen LogP contribution in [0.1, 0.15) is 22.4 Å². The number of hydrogen-bond donors (Lipinski definition) is 4. The first-order valence-corrected chi connectivity index (χ1v) is 7.86. The van der Waals surface area contributed by atoms with Crippen LogP contribution in [-0.4, -0.2) is 26.5 Å². The molecule has 1 aromatic carbocycles. The van der Waals surface area contributed by atoms with Crippen molar-refractivity contribution in [1.82, 2.24) is 10.4 Å². The fraction of sp³-hybridized carbons (Fsp3) is 0.188. The minimum absolute atomic E-state index is 0.0309. The Hall–Kier alpha value is -2.22. The van der Waals surface area contributed by atoms with Crippen molar-refractivity contribution in [2.24, 2.45) is 5.10 Å². The van der Waals surface area contributed by atoms with E-state index in [4.69, 9.17) is 23.8 Å². The van der Waals surface area contributed by atoms with Gasteiger partial charge in [0, 0.05) is 28.0 Å². The molecule has 4 N–H and O–H groups in total. The van der Waals surface area contributed by atoms with Gasteiger partial charge >= 0.3 is 0 Å². The van der Waals surface area contributed by atoms with Gasteiger partial charge < -0.3 is 15.5 Å². The fourth-order valence-electron chi connectivity index (χ4n) is 1.97. The first kappa shape index (κ1) is 18.1. The molecule has 0 radical (unpaired) electrons. The highest BCUT2D eigenvalue weighted by atomic mass is 35.5. The van der Waals surface area contributed by atoms with Crippen molar-refractivity contribution in [1.29, 1.82) is 0 Å². The Bertz CT molecular complexity index is 796. The number of halogens is 1. The first-order valence-electron chi connectivity index (χ1n) is 7.07. The second-order valence-electron chi connectivity index (χ2n) is 5.03. The van der Waals surface area contributed by atoms with Crippen molar-refractivity contribution in [2.75, 3.05) is 5.32 Å². The number of aliphatic hydroxyl groups is 1. The minimum Gasteiger partial charge on any atom is -0.505 e. The molecular weight excluding hydrogens is 348 g/mol. The van der Waals surface area contributed by atoms with Crippen molar-refractivity contribution in [3.05, 3.63) is 51.8 Å². The molecule has 0 bridgehead atoms. The number of aromatic nitrogens is 1. The molecule has 126 valence electrons. The zero-order valence-electron chi connectivity index (χ0n) is 13.2. The van der Waals surface area contributed by atoms with Crippen LogP contribution in [0.25, 0.3) is 0 Å². The van der Waals surface area contributed by atoms with Crippen LogP contribution in [0.3, 0.4) is 0 Å². The summed E-state index contributed by atoms with van der Waals surface area (Å²) in [5.41, 5.74) is 5.60. The van der Waals surface area contributed by atoms with Gasteiger partial charge in [-0.15, -0.1) is 0 Å². The van der Waals surface area contributed by atoms with Crippen LogP contribution in [0, 0.1) is 13.8 Å². The van der Waals surface area contributed by atoms with E-state index in [1.165, 1.54) is 12.4 Å². The van der Waals surface area contributed by atoms with E-state index >= 15 is 0 Å². The predicted molar refractivity (Wildman–Crippen MR) is 99.7 cm³/mol. The number of aromatic hydroxyl groups is 1. The molecule has 0 aliphatic heterocycles. The van der Waals surface area contributed by atoms with Crippen molar-refractivity contribution in [2.45, 2.75) is 20.5 Å². The Morgan fingerprint density at radius 2 is 2.17 bits per heavy atom. The van der Waals surface area contributed by atoms with Gasteiger partial charge in [0.05, 0.1) is 18.5 Å². The summed E-state index contributed by atoms with van der Waals surface area (Å²) in [6, 6.07) is 5.46. The fourth-order valence-corrected chi connectivity index (χ4v) is 2.31. The van der Waals surface area contributed by atoms with Gasteiger partial charge in [-0.1, -0.05) is 17.7 Å². The number of nitrogens with one attached hydrogen (secondary N) is 2. The van der Waals surface area contributed by atoms with Crippen molar-refractivity contribution in [3.8, 4) is 5.75 Å². The van der Waals surface area contributed by atoms with Gasteiger partial charge in [0.25, 0.3) is 0 Å². The van der Waals surface area contributed by atoms with Gasteiger partial charge in [0.15, 0.2) is 5.11 Å². The molecule has 0 unspecified atom stereocenters. The van der Waals surface area contributed by atoms with Crippen LogP contribution in [-0.2, 0) is 6.61 Å². The van der Waals surface area contributed by atoms with Crippen LogP contribution in [0.15, 0.2) is 29.5 Å². The van der Waals surface area contributed by atoms with Gasteiger partial charge in [-0.2, -0.15) is 5.10 Å². The zero-order valence-corrected chi connectivity index (χ0v) is 14.7. The van der Waals surface area contributed by atoms with E-state index in [1.54, 1.807) is 13.0 Å². The number of hydrogen-bond acceptors (Lipinski definition) is 5. The molecule has 1 aromatic heterocycles. The third-order valence-corrected chi connectivity index (χ3v) is 4.01. The Morgan fingerprint density at radius 1 is 1.42 bits per heavy atom. The molecule has 6 nitrogen and oxygen atoms in total. The third-order valence-electron chi connectivity index (χ3n) is 3.40. The number of benzene rings is 1. The summed E-state index contributed by atoms with van der Waals surface area (Å²) < 4.78 is 0. The number of aryl methyl sites for hydroxylation is 1. The highest BCUT2D eigenvalue weighted by Crippen LogP contribution is 2.23. The van der Waals surface area contributed by atoms with Gasteiger partial charge in [-0.3, -0.25) is 10.4 Å². The number of rotatable bonds is 4. The third kappa shape index (κ3) is 4.19. The van der Waals surface area contributed by atoms with Crippen molar-refractivity contribution >= 4 is 40.8 Å². The van der Waals surface area contributed by atoms with Crippen LogP contribution in [0.4, 0.5) is 5.69 Å². The molecule has 0 amide bonds. The summed E-state index contributed by atoms with van der Waals surface area (Å²) >= 11 is 11.2. The number of nitrogens with zero attached hydrogens (tertiary/aromatic N) is 2. The average Bonchev–Trinajstić information content (AvgIpc) is 2.56. The van der Waals surface area contributed by atoms with Crippen LogP contribution in [0.2, 0.25) is 5.02 Å². The maximum Gasteiger partial charge on any atom is 0.191 e. The van der Waals surface area contributed by atoms with Crippen LogP contribution < -0.4 is 10.7 Å². The Morgan fingerprint density at radius 3 is 2.88 bits per heavy atom. The lowest BCUT2D eigenvalue weighted by Gasteiger charge is -2.11. The molecule has 8 heteroatoms. The largest absolute Gasteiger partial charge is 0.505 e. The Balaban J connectivity index is 2.08. The molecule has 0 aliphatic carbocycles. The second kappa shape index (κ2) is 8.05. The summed E-state index contributed by atoms with van der Waals surface area (Å²) in [7, 11) is 0. The number of thiocarbonyl (C=S) groups is 1. The standard InChI is InChI=1S/C16H17ClN4O2S/c1-9-13(17)4-3-5-14(9)20-16(24)21-19-7-12-11(8-22)6-18-10(2)15(12)23/h3-7,22-23H,8H2,1-2H3,(H2,20,21,24)/b19-7+. The normalized spacial score (nSPS) is 10.8. The lowest BCUT2D eigenvalue weighted by Crippen LogP contribution is -2.24. The van der Waals surface area contributed by atoms with Gasteiger partial charge in [0.1, 0.15) is 5.75 Å². The Kier molecular flexibility index (Phi) is 6.08. The Labute approximate surface area is 150 Å². The van der Waals surface area contributed by atoms with Gasteiger partial charge in [-0.05, 0) is 43.8 Å². The SMILES string of the molecule is Cc1ncc(CO)c(/C=N/NC(=S)Nc2cccc(Cl)c2C)c1O. The van der Waals surface area contributed by atoms with Crippen LogP contribution >= 0.6 is 23.8 Å². The summed E-state index contributed by atoms with van der Waals surface area (Å²) in [6.45, 7) is 3.28. The van der Waals surface area contributed by atoms with E-state index < -0.39 is 0 Å². The highest BCUT2D eigenvalue weighted by Gasteiger charge is 2.09. The number of anilines is 1. The lowest BCUT2D eigenvalue weighted by molar-refractivity contribution is 0.280. The van der Waals surface area contributed by atoms with E-state index in [9.17, 15) is 10.2 Å². The highest BCUT2D eigenvalue weighted by molar-refractivity contribution is 7.80. The quantitative estimate of drug-likeness (QED) is 0.379. The molecule has 0 fully saturated rings. The first-order chi connectivity index (χ1) is 11.4.